The van der Waals surface area contributed by atoms with Crippen LogP contribution in [0.25, 0.3) is 55.8 Å². The number of aromatic nitrogens is 7. The van der Waals surface area contributed by atoms with Crippen molar-refractivity contribution in [3.05, 3.63) is 78.8 Å². The molecule has 0 bridgehead atoms. The van der Waals surface area contributed by atoms with Gasteiger partial charge in [-0.25, -0.2) is 14.4 Å². The molecule has 6 aromatic rings. The van der Waals surface area contributed by atoms with E-state index in [1.807, 2.05) is 31.2 Å². The van der Waals surface area contributed by atoms with Crippen LogP contribution < -0.4 is 5.32 Å². The van der Waals surface area contributed by atoms with Crippen LogP contribution in [0.1, 0.15) is 12.5 Å². The number of rotatable bonds is 6. The Bertz CT molecular complexity index is 1660. The maximum atomic E-state index is 15.1. The van der Waals surface area contributed by atoms with Crippen LogP contribution in [0, 0.1) is 5.82 Å². The minimum atomic E-state index is -0.346. The number of pyridine rings is 3. The highest BCUT2D eigenvalue weighted by Crippen LogP contribution is 2.33. The van der Waals surface area contributed by atoms with Gasteiger partial charge in [-0.3, -0.25) is 15.1 Å². The lowest BCUT2D eigenvalue weighted by Gasteiger charge is -2.07. The van der Waals surface area contributed by atoms with Crippen molar-refractivity contribution in [1.29, 1.82) is 0 Å². The Morgan fingerprint density at radius 2 is 1.83 bits per heavy atom. The number of hydrogen-bond acceptors (Lipinski definition) is 6. The van der Waals surface area contributed by atoms with E-state index in [4.69, 9.17) is 0 Å². The van der Waals surface area contributed by atoms with Gasteiger partial charge >= 0.3 is 0 Å². The molecular weight excluding hydrogens is 443 g/mol. The largest absolute Gasteiger partial charge is 0.335 e. The van der Waals surface area contributed by atoms with E-state index in [1.54, 1.807) is 37.1 Å². The lowest BCUT2D eigenvalue weighted by atomic mass is 10.0. The molecule has 0 spiro atoms. The molecular formula is C26H21FN8. The first-order chi connectivity index (χ1) is 17.2. The van der Waals surface area contributed by atoms with Crippen LogP contribution in [-0.4, -0.2) is 41.7 Å². The topological polar surface area (TPSA) is 108 Å². The summed E-state index contributed by atoms with van der Waals surface area (Å²) in [6.07, 6.45) is 8.68. The molecule has 0 fully saturated rings. The Morgan fingerprint density at radius 1 is 0.943 bits per heavy atom. The molecule has 0 saturated heterocycles. The maximum Gasteiger partial charge on any atom is 0.178 e. The molecule has 9 heteroatoms. The van der Waals surface area contributed by atoms with Crippen LogP contribution in [0.15, 0.2) is 67.4 Å². The number of nitrogens with zero attached hydrogens (tertiary/aromatic N) is 5. The number of hydrogen-bond donors (Lipinski definition) is 3. The van der Waals surface area contributed by atoms with Gasteiger partial charge in [0.2, 0.25) is 0 Å². The smallest absolute Gasteiger partial charge is 0.178 e. The number of halogens is 1. The SMILES string of the molecule is CCNCc1cncc(-c2cc3c(-c4nc5nccc(-c6ccncc6)c5[nH]4)n[nH]c3cc2F)c1. The Labute approximate surface area is 199 Å². The van der Waals surface area contributed by atoms with E-state index in [9.17, 15) is 0 Å². The first kappa shape index (κ1) is 21.1. The van der Waals surface area contributed by atoms with E-state index < -0.39 is 0 Å². The molecule has 0 radical (unpaired) electrons. The summed E-state index contributed by atoms with van der Waals surface area (Å²) < 4.78 is 15.1. The molecule has 0 atom stereocenters. The first-order valence-corrected chi connectivity index (χ1v) is 11.3. The predicted molar refractivity (Wildman–Crippen MR) is 133 cm³/mol. The predicted octanol–water partition coefficient (Wildman–Crippen LogP) is 4.87. The van der Waals surface area contributed by atoms with Crippen LogP contribution in [0.2, 0.25) is 0 Å². The van der Waals surface area contributed by atoms with Crippen LogP contribution >= 0.6 is 0 Å². The molecule has 0 aliphatic rings. The van der Waals surface area contributed by atoms with Crippen molar-refractivity contribution >= 4 is 22.1 Å². The van der Waals surface area contributed by atoms with Crippen molar-refractivity contribution in [2.75, 3.05) is 6.54 Å². The lowest BCUT2D eigenvalue weighted by Crippen LogP contribution is -2.11. The van der Waals surface area contributed by atoms with Crippen molar-refractivity contribution in [3.8, 4) is 33.8 Å². The zero-order valence-electron chi connectivity index (χ0n) is 18.9. The lowest BCUT2D eigenvalue weighted by molar-refractivity contribution is 0.632. The molecule has 1 aromatic carbocycles. The first-order valence-electron chi connectivity index (χ1n) is 11.3. The van der Waals surface area contributed by atoms with E-state index >= 15 is 4.39 Å². The van der Waals surface area contributed by atoms with Gasteiger partial charge in [0, 0.05) is 65.7 Å². The van der Waals surface area contributed by atoms with E-state index in [1.165, 1.54) is 6.07 Å². The van der Waals surface area contributed by atoms with Gasteiger partial charge in [-0.2, -0.15) is 5.10 Å². The van der Waals surface area contributed by atoms with Crippen LogP contribution in [-0.2, 0) is 6.54 Å². The molecule has 0 unspecified atom stereocenters. The number of fused-ring (bicyclic) bond motifs is 2. The van der Waals surface area contributed by atoms with Gasteiger partial charge in [-0.05, 0) is 48.0 Å². The third kappa shape index (κ3) is 3.81. The normalized spacial score (nSPS) is 11.5. The zero-order chi connectivity index (χ0) is 23.8. The molecule has 0 aliphatic carbocycles. The molecule has 8 nitrogen and oxygen atoms in total. The number of imidazole rings is 1. The second kappa shape index (κ2) is 8.69. The van der Waals surface area contributed by atoms with E-state index in [0.717, 1.165) is 34.1 Å². The second-order valence-corrected chi connectivity index (χ2v) is 8.19. The molecule has 5 aromatic heterocycles. The van der Waals surface area contributed by atoms with Gasteiger partial charge in [0.05, 0.1) is 11.0 Å². The van der Waals surface area contributed by atoms with Gasteiger partial charge in [0.1, 0.15) is 11.5 Å². The van der Waals surface area contributed by atoms with Gasteiger partial charge < -0.3 is 10.3 Å². The number of aromatic amines is 2. The average Bonchev–Trinajstić information content (AvgIpc) is 3.51. The Hall–Kier alpha value is -4.50. The standard InChI is InChI=1S/C26H21FN8/c1-2-28-12-15-9-17(14-30-13-15)19-10-20-22(11-21(19)27)34-35-24(20)26-32-23-18(5-8-31-25(23)33-26)16-3-6-29-7-4-16/h3-11,13-14,28H,2,12H2,1H3,(H,34,35)(H,31,32,33). The molecule has 172 valence electrons. The van der Waals surface area contributed by atoms with Crippen LogP contribution in [0.3, 0.4) is 0 Å². The highest BCUT2D eigenvalue weighted by Gasteiger charge is 2.18. The van der Waals surface area contributed by atoms with Crippen LogP contribution in [0.5, 0.6) is 0 Å². The van der Waals surface area contributed by atoms with Gasteiger partial charge in [0.15, 0.2) is 11.5 Å². The third-order valence-electron chi connectivity index (χ3n) is 5.94. The summed E-state index contributed by atoms with van der Waals surface area (Å²) in [5, 5.41) is 11.4. The van der Waals surface area contributed by atoms with Crippen molar-refractivity contribution < 1.29 is 4.39 Å². The van der Waals surface area contributed by atoms with E-state index in [2.05, 4.69) is 40.4 Å². The van der Waals surface area contributed by atoms with Crippen molar-refractivity contribution in [2.45, 2.75) is 13.5 Å². The summed E-state index contributed by atoms with van der Waals surface area (Å²) in [6, 6.07) is 11.0. The summed E-state index contributed by atoms with van der Waals surface area (Å²) in [4.78, 5) is 20.9. The molecule has 6 rings (SSSR count). The summed E-state index contributed by atoms with van der Waals surface area (Å²) in [5.41, 5.74) is 6.67. The molecule has 0 aliphatic heterocycles. The van der Waals surface area contributed by atoms with Gasteiger partial charge in [-0.1, -0.05) is 6.92 Å². The number of benzene rings is 1. The summed E-state index contributed by atoms with van der Waals surface area (Å²) in [6.45, 7) is 3.56. The monoisotopic (exact) mass is 464 g/mol. The van der Waals surface area contributed by atoms with E-state index in [0.29, 0.717) is 40.4 Å². The van der Waals surface area contributed by atoms with Crippen molar-refractivity contribution in [2.24, 2.45) is 0 Å². The molecule has 5 heterocycles. The van der Waals surface area contributed by atoms with Crippen LogP contribution in [0.4, 0.5) is 4.39 Å². The third-order valence-corrected chi connectivity index (χ3v) is 5.94. The quantitative estimate of drug-likeness (QED) is 0.324. The second-order valence-electron chi connectivity index (χ2n) is 8.19. The fraction of sp³-hybridized carbons (Fsp3) is 0.115. The zero-order valence-corrected chi connectivity index (χ0v) is 18.9. The van der Waals surface area contributed by atoms with Gasteiger partial charge in [0.25, 0.3) is 0 Å². The summed E-state index contributed by atoms with van der Waals surface area (Å²) >= 11 is 0. The molecule has 0 amide bonds. The Morgan fingerprint density at radius 3 is 2.69 bits per heavy atom. The van der Waals surface area contributed by atoms with E-state index in [-0.39, 0.29) is 5.82 Å². The summed E-state index contributed by atoms with van der Waals surface area (Å²) in [5.74, 6) is 0.207. The Kier molecular flexibility index (Phi) is 5.23. The average molecular weight is 465 g/mol. The molecule has 0 saturated carbocycles. The Balaban J connectivity index is 1.47. The number of H-pyrrole nitrogens is 2. The number of nitrogens with one attached hydrogen (secondary N) is 3. The minimum Gasteiger partial charge on any atom is -0.335 e. The fourth-order valence-electron chi connectivity index (χ4n) is 4.24. The van der Waals surface area contributed by atoms with Crippen molar-refractivity contribution in [1.82, 2.24) is 40.4 Å². The highest BCUT2D eigenvalue weighted by atomic mass is 19.1. The summed E-state index contributed by atoms with van der Waals surface area (Å²) in [7, 11) is 0. The molecule has 35 heavy (non-hydrogen) atoms. The minimum absolute atomic E-state index is 0.346. The van der Waals surface area contributed by atoms with Crippen molar-refractivity contribution in [3.63, 3.8) is 0 Å². The maximum absolute atomic E-state index is 15.1. The molecule has 3 N–H and O–H groups in total. The van der Waals surface area contributed by atoms with Gasteiger partial charge in [-0.15, -0.1) is 0 Å². The fourth-order valence-corrected chi connectivity index (χ4v) is 4.24. The highest BCUT2D eigenvalue weighted by molar-refractivity contribution is 5.97.